The number of hydrogen-bond donors (Lipinski definition) is 1. The van der Waals surface area contributed by atoms with Gasteiger partial charge in [0, 0.05) is 17.9 Å². The van der Waals surface area contributed by atoms with Gasteiger partial charge in [0.25, 0.3) is 0 Å². The van der Waals surface area contributed by atoms with Crippen molar-refractivity contribution in [3.8, 4) is 5.75 Å². The molecule has 4 nitrogen and oxygen atoms in total. The molecular weight excluding hydrogens is 412 g/mol. The van der Waals surface area contributed by atoms with Crippen LogP contribution in [0.15, 0.2) is 60.7 Å². The summed E-state index contributed by atoms with van der Waals surface area (Å²) < 4.78 is 11.8. The lowest BCUT2D eigenvalue weighted by atomic mass is 9.82. The molecule has 0 spiro atoms. The van der Waals surface area contributed by atoms with Gasteiger partial charge in [-0.1, -0.05) is 77.4 Å². The highest BCUT2D eigenvalue weighted by Gasteiger charge is 2.29. The fraction of sp³-hybridized carbons (Fsp3) is 0.345. The molecule has 0 aromatic heterocycles. The van der Waals surface area contributed by atoms with Gasteiger partial charge < -0.3 is 14.6 Å². The van der Waals surface area contributed by atoms with Gasteiger partial charge >= 0.3 is 5.97 Å². The number of aliphatic hydroxyl groups is 1. The minimum atomic E-state index is -0.675. The lowest BCUT2D eigenvalue weighted by Gasteiger charge is -2.28. The Hall–Kier alpha value is -3.11. The average Bonchev–Trinajstić information content (AvgIpc) is 2.75. The second kappa shape index (κ2) is 9.80. The summed E-state index contributed by atoms with van der Waals surface area (Å²) in [6.07, 6.45) is -0.683. The van der Waals surface area contributed by atoms with Crippen molar-refractivity contribution in [1.29, 1.82) is 0 Å². The molecule has 1 fully saturated rings. The number of cyclic esters (lactones) is 1. The van der Waals surface area contributed by atoms with E-state index in [-0.39, 0.29) is 24.9 Å². The molecule has 0 unspecified atom stereocenters. The van der Waals surface area contributed by atoms with Crippen molar-refractivity contribution < 1.29 is 19.4 Å². The van der Waals surface area contributed by atoms with E-state index in [1.165, 1.54) is 27.8 Å². The summed E-state index contributed by atoms with van der Waals surface area (Å²) in [5.41, 5.74) is 8.11. The molecule has 172 valence electrons. The summed E-state index contributed by atoms with van der Waals surface area (Å²) in [7, 11) is 0. The van der Waals surface area contributed by atoms with Crippen molar-refractivity contribution in [2.45, 2.75) is 58.7 Å². The van der Waals surface area contributed by atoms with E-state index in [2.05, 4.69) is 88.4 Å². The SMILES string of the molecule is Cc1ccc(C(c2ccc(C)cc2)c2cc(C)cc(C)c2OC[C@@H]2C[C@@H](O)CC(=O)O2)cc1. The van der Waals surface area contributed by atoms with E-state index >= 15 is 0 Å². The van der Waals surface area contributed by atoms with Crippen molar-refractivity contribution in [1.82, 2.24) is 0 Å². The monoisotopic (exact) mass is 444 g/mol. The number of carbonyl (C=O) groups is 1. The Balaban J connectivity index is 1.75. The third-order valence-corrected chi connectivity index (χ3v) is 6.23. The minimum Gasteiger partial charge on any atom is -0.489 e. The highest BCUT2D eigenvalue weighted by atomic mass is 16.6. The van der Waals surface area contributed by atoms with E-state index in [1.54, 1.807) is 0 Å². The molecular formula is C29H32O4. The van der Waals surface area contributed by atoms with Gasteiger partial charge in [0.1, 0.15) is 18.5 Å². The second-order valence-electron chi connectivity index (χ2n) is 9.27. The molecule has 0 aliphatic carbocycles. The Kier molecular flexibility index (Phi) is 6.85. The van der Waals surface area contributed by atoms with Crippen LogP contribution in [0.2, 0.25) is 0 Å². The Labute approximate surface area is 196 Å². The standard InChI is InChI=1S/C29H32O4/c1-18-5-9-22(10-6-18)28(23-11-7-19(2)8-12-23)26-14-20(3)13-21(4)29(26)32-17-25-15-24(30)16-27(31)33-25/h5-14,24-25,28,30H,15-17H2,1-4H3/t24-,25+/m1/s1. The molecule has 3 aromatic rings. The van der Waals surface area contributed by atoms with E-state index in [4.69, 9.17) is 9.47 Å². The van der Waals surface area contributed by atoms with Crippen LogP contribution in [0.25, 0.3) is 0 Å². The first-order chi connectivity index (χ1) is 15.8. The summed E-state index contributed by atoms with van der Waals surface area (Å²) in [5.74, 6) is 0.433. The molecule has 1 saturated heterocycles. The van der Waals surface area contributed by atoms with E-state index in [0.29, 0.717) is 6.42 Å². The van der Waals surface area contributed by atoms with E-state index in [9.17, 15) is 9.90 Å². The summed E-state index contributed by atoms with van der Waals surface area (Å²) in [4.78, 5) is 11.8. The number of ether oxygens (including phenoxy) is 2. The van der Waals surface area contributed by atoms with Crippen LogP contribution in [0.1, 0.15) is 57.7 Å². The maximum atomic E-state index is 11.8. The number of aryl methyl sites for hydroxylation is 4. The molecule has 0 amide bonds. The number of aliphatic hydroxyl groups excluding tert-OH is 1. The second-order valence-corrected chi connectivity index (χ2v) is 9.27. The first-order valence-corrected chi connectivity index (χ1v) is 11.5. The van der Waals surface area contributed by atoms with Crippen molar-refractivity contribution >= 4 is 5.97 Å². The largest absolute Gasteiger partial charge is 0.489 e. The van der Waals surface area contributed by atoms with Gasteiger partial charge in [0.2, 0.25) is 0 Å². The van der Waals surface area contributed by atoms with Gasteiger partial charge in [-0.25, -0.2) is 0 Å². The summed E-state index contributed by atoms with van der Waals surface area (Å²) >= 11 is 0. The number of rotatable bonds is 6. The number of benzene rings is 3. The van der Waals surface area contributed by atoms with Crippen LogP contribution in [0.5, 0.6) is 5.75 Å². The molecule has 1 aliphatic rings. The number of hydrogen-bond acceptors (Lipinski definition) is 4. The average molecular weight is 445 g/mol. The zero-order valence-corrected chi connectivity index (χ0v) is 19.8. The predicted molar refractivity (Wildman–Crippen MR) is 130 cm³/mol. The van der Waals surface area contributed by atoms with Crippen molar-refractivity contribution in [3.05, 3.63) is 99.6 Å². The van der Waals surface area contributed by atoms with Gasteiger partial charge in [0.15, 0.2) is 0 Å². The summed E-state index contributed by atoms with van der Waals surface area (Å²) in [5, 5.41) is 9.97. The van der Waals surface area contributed by atoms with Crippen LogP contribution in [-0.2, 0) is 9.53 Å². The summed E-state index contributed by atoms with van der Waals surface area (Å²) in [6.45, 7) is 8.55. The molecule has 1 N–H and O–H groups in total. The first kappa shape index (κ1) is 23.1. The molecule has 4 heteroatoms. The van der Waals surface area contributed by atoms with E-state index in [1.807, 2.05) is 0 Å². The van der Waals surface area contributed by atoms with Crippen LogP contribution in [0.4, 0.5) is 0 Å². The zero-order chi connectivity index (χ0) is 23.5. The number of esters is 1. The van der Waals surface area contributed by atoms with Gasteiger partial charge in [-0.2, -0.15) is 0 Å². The van der Waals surface area contributed by atoms with Crippen LogP contribution < -0.4 is 4.74 Å². The zero-order valence-electron chi connectivity index (χ0n) is 19.8. The lowest BCUT2D eigenvalue weighted by Crippen LogP contribution is -2.36. The smallest absolute Gasteiger partial charge is 0.308 e. The Morgan fingerprint density at radius 2 is 1.48 bits per heavy atom. The molecule has 0 saturated carbocycles. The van der Waals surface area contributed by atoms with E-state index in [0.717, 1.165) is 16.9 Å². The maximum Gasteiger partial charge on any atom is 0.308 e. The fourth-order valence-electron chi connectivity index (χ4n) is 4.61. The Morgan fingerprint density at radius 1 is 0.909 bits per heavy atom. The quantitative estimate of drug-likeness (QED) is 0.400. The van der Waals surface area contributed by atoms with Crippen molar-refractivity contribution in [2.24, 2.45) is 0 Å². The predicted octanol–water partition coefficient (Wildman–Crippen LogP) is 5.55. The van der Waals surface area contributed by atoms with Gasteiger partial charge in [-0.3, -0.25) is 4.79 Å². The summed E-state index contributed by atoms with van der Waals surface area (Å²) in [6, 6.07) is 21.6. The number of carbonyl (C=O) groups excluding carboxylic acids is 1. The molecule has 2 atom stereocenters. The molecule has 1 heterocycles. The van der Waals surface area contributed by atoms with Crippen LogP contribution in [0.3, 0.4) is 0 Å². The Morgan fingerprint density at radius 3 is 2.03 bits per heavy atom. The third kappa shape index (κ3) is 5.45. The van der Waals surface area contributed by atoms with Gasteiger partial charge in [-0.05, 0) is 44.4 Å². The molecule has 33 heavy (non-hydrogen) atoms. The minimum absolute atomic E-state index is 0.000651. The van der Waals surface area contributed by atoms with Crippen molar-refractivity contribution in [3.63, 3.8) is 0 Å². The fourth-order valence-corrected chi connectivity index (χ4v) is 4.61. The molecule has 4 rings (SSSR count). The molecule has 1 aliphatic heterocycles. The first-order valence-electron chi connectivity index (χ1n) is 11.5. The molecule has 0 radical (unpaired) electrons. The topological polar surface area (TPSA) is 55.8 Å². The lowest BCUT2D eigenvalue weighted by molar-refractivity contribution is -0.162. The highest BCUT2D eigenvalue weighted by molar-refractivity contribution is 5.71. The van der Waals surface area contributed by atoms with Crippen molar-refractivity contribution in [2.75, 3.05) is 6.61 Å². The van der Waals surface area contributed by atoms with Crippen LogP contribution in [-0.4, -0.2) is 29.9 Å². The highest BCUT2D eigenvalue weighted by Crippen LogP contribution is 2.40. The van der Waals surface area contributed by atoms with Crippen LogP contribution >= 0.6 is 0 Å². The van der Waals surface area contributed by atoms with Gasteiger partial charge in [0.05, 0.1) is 12.5 Å². The maximum absolute atomic E-state index is 11.8. The third-order valence-electron chi connectivity index (χ3n) is 6.23. The normalized spacial score (nSPS) is 18.3. The molecule has 3 aromatic carbocycles. The molecule has 0 bridgehead atoms. The van der Waals surface area contributed by atoms with E-state index < -0.39 is 12.2 Å². The van der Waals surface area contributed by atoms with Crippen LogP contribution in [0, 0.1) is 27.7 Å². The Bertz CT molecular complexity index is 1070. The van der Waals surface area contributed by atoms with Gasteiger partial charge in [-0.15, -0.1) is 0 Å².